The van der Waals surface area contributed by atoms with Gasteiger partial charge in [0.2, 0.25) is 5.95 Å². The lowest BCUT2D eigenvalue weighted by Crippen LogP contribution is -2.35. The van der Waals surface area contributed by atoms with Crippen molar-refractivity contribution < 1.29 is 14.4 Å². The molecule has 2 N–H and O–H groups in total. The molecule has 2 rings (SSSR count). The fourth-order valence-electron chi connectivity index (χ4n) is 3.92. The zero-order chi connectivity index (χ0) is 17.5. The van der Waals surface area contributed by atoms with Gasteiger partial charge >= 0.3 is 7.12 Å². The van der Waals surface area contributed by atoms with Crippen molar-refractivity contribution in [3.8, 4) is 0 Å². The third kappa shape index (κ3) is 2.68. The van der Waals surface area contributed by atoms with Gasteiger partial charge in [0.05, 0.1) is 11.7 Å². The minimum atomic E-state index is -1.87. The molecule has 0 fully saturated rings. The van der Waals surface area contributed by atoms with Crippen LogP contribution in [0.25, 0.3) is 10.9 Å². The van der Waals surface area contributed by atoms with Crippen molar-refractivity contribution >= 4 is 33.7 Å². The van der Waals surface area contributed by atoms with E-state index < -0.39 is 23.3 Å². The Morgan fingerprint density at radius 1 is 1.09 bits per heavy atom. The molecule has 0 bridgehead atoms. The Bertz CT molecular complexity index is 679. The number of fused-ring (bicyclic) bond motifs is 1. The summed E-state index contributed by atoms with van der Waals surface area (Å²) in [7, 11) is -3.14. The molecular formula is C16H26BFN2O2S. The van der Waals surface area contributed by atoms with E-state index in [9.17, 15) is 14.4 Å². The molecule has 0 atom stereocenters. The van der Waals surface area contributed by atoms with E-state index in [1.165, 1.54) is 6.20 Å². The molecule has 0 aliphatic carbocycles. The summed E-state index contributed by atoms with van der Waals surface area (Å²) < 4.78 is 16.1. The quantitative estimate of drug-likeness (QED) is 0.650. The van der Waals surface area contributed by atoms with Crippen LogP contribution in [-0.2, 0) is 0 Å². The Balaban J connectivity index is 2.84. The largest absolute Gasteiger partial charge is 0.493 e. The van der Waals surface area contributed by atoms with E-state index in [2.05, 4.69) is 50.5 Å². The summed E-state index contributed by atoms with van der Waals surface area (Å²) in [5.74, 6) is -0.829. The fraction of sp³-hybridized carbons (Fsp3) is 0.562. The van der Waals surface area contributed by atoms with Crippen LogP contribution in [0.2, 0.25) is 0 Å². The predicted molar refractivity (Wildman–Crippen MR) is 97.9 cm³/mol. The third-order valence-corrected chi connectivity index (χ3v) is 10.1. The van der Waals surface area contributed by atoms with Crippen LogP contribution < -0.4 is 5.46 Å². The molecule has 4 nitrogen and oxygen atoms in total. The van der Waals surface area contributed by atoms with Gasteiger partial charge in [0.1, 0.15) is 0 Å². The Kier molecular flexibility index (Phi) is 5.13. The van der Waals surface area contributed by atoms with E-state index in [1.54, 1.807) is 6.07 Å². The lowest BCUT2D eigenvalue weighted by molar-refractivity contribution is 0.422. The monoisotopic (exact) mass is 340 g/mol. The third-order valence-electron chi connectivity index (χ3n) is 4.57. The first kappa shape index (κ1) is 18.3. The van der Waals surface area contributed by atoms with Crippen LogP contribution in [0.3, 0.4) is 0 Å². The van der Waals surface area contributed by atoms with Crippen LogP contribution in [0.4, 0.5) is 4.39 Å². The maximum atomic E-state index is 13.9. The van der Waals surface area contributed by atoms with Gasteiger partial charge in [-0.3, -0.25) is 0 Å². The Labute approximate surface area is 139 Å². The Morgan fingerprint density at radius 3 is 2.04 bits per heavy atom. The molecule has 0 aromatic carbocycles. The maximum Gasteiger partial charge on any atom is 0.493 e. The van der Waals surface area contributed by atoms with Gasteiger partial charge in [-0.1, -0.05) is 41.5 Å². The normalized spacial score (nSPS) is 13.6. The minimum absolute atomic E-state index is 0.147. The van der Waals surface area contributed by atoms with Gasteiger partial charge < -0.3 is 14.0 Å². The maximum absolute atomic E-state index is 13.9. The highest BCUT2D eigenvalue weighted by Crippen LogP contribution is 2.62. The van der Waals surface area contributed by atoms with Crippen molar-refractivity contribution in [3.63, 3.8) is 0 Å². The molecule has 2 aromatic rings. The van der Waals surface area contributed by atoms with Gasteiger partial charge in [-0.15, -0.1) is 0 Å². The number of halogens is 1. The molecule has 2 heterocycles. The van der Waals surface area contributed by atoms with Crippen LogP contribution in [0.15, 0.2) is 18.5 Å². The van der Waals surface area contributed by atoms with E-state index >= 15 is 0 Å². The molecule has 0 aliphatic heterocycles. The Morgan fingerprint density at radius 2 is 1.61 bits per heavy atom. The van der Waals surface area contributed by atoms with Crippen molar-refractivity contribution in [2.45, 2.75) is 57.3 Å². The average molecular weight is 340 g/mol. The number of pyridine rings is 1. The number of hydrogen-bond donors (Lipinski definition) is 2. The Hall–Kier alpha value is -1.05. The number of nitrogens with zero attached hydrogens (tertiary/aromatic N) is 2. The summed E-state index contributed by atoms with van der Waals surface area (Å²) in [6.45, 7) is 13.3. The SMILES string of the molecule is CC(C)S(C(C)C)(C(C)C)n1ccc2c(B(O)O)c(F)ncc21. The fourth-order valence-corrected chi connectivity index (χ4v) is 9.30. The van der Waals surface area contributed by atoms with E-state index in [4.69, 9.17) is 0 Å². The zero-order valence-electron chi connectivity index (χ0n) is 14.6. The van der Waals surface area contributed by atoms with Crippen LogP contribution >= 0.6 is 10.2 Å². The topological polar surface area (TPSA) is 58.3 Å². The van der Waals surface area contributed by atoms with Gasteiger partial charge in [0, 0.05) is 32.8 Å². The van der Waals surface area contributed by atoms with Gasteiger partial charge in [0.15, 0.2) is 0 Å². The summed E-state index contributed by atoms with van der Waals surface area (Å²) >= 11 is 0. The minimum Gasteiger partial charge on any atom is -0.423 e. The number of hydrogen-bond acceptors (Lipinski definition) is 3. The molecule has 128 valence electrons. The van der Waals surface area contributed by atoms with Gasteiger partial charge in [-0.05, 0) is 6.07 Å². The van der Waals surface area contributed by atoms with Gasteiger partial charge in [0.25, 0.3) is 0 Å². The number of rotatable bonds is 5. The summed E-state index contributed by atoms with van der Waals surface area (Å²) in [5.41, 5.74) is 0.617. The molecular weight excluding hydrogens is 314 g/mol. The second kappa shape index (κ2) is 6.45. The number of aromatic nitrogens is 2. The summed E-state index contributed by atoms with van der Waals surface area (Å²) in [6, 6.07) is 1.77. The molecule has 0 saturated carbocycles. The van der Waals surface area contributed by atoms with Crippen LogP contribution in [-0.4, -0.2) is 41.9 Å². The molecule has 0 radical (unpaired) electrons. The van der Waals surface area contributed by atoms with Crippen molar-refractivity contribution in [3.05, 3.63) is 24.4 Å². The van der Waals surface area contributed by atoms with E-state index in [0.29, 0.717) is 21.1 Å². The first-order chi connectivity index (χ1) is 10.7. The van der Waals surface area contributed by atoms with Crippen molar-refractivity contribution in [2.24, 2.45) is 0 Å². The van der Waals surface area contributed by atoms with Crippen molar-refractivity contribution in [2.75, 3.05) is 0 Å². The van der Waals surface area contributed by atoms with E-state index in [1.807, 2.05) is 6.20 Å². The molecule has 2 aromatic heterocycles. The highest BCUT2D eigenvalue weighted by Gasteiger charge is 2.37. The summed E-state index contributed by atoms with van der Waals surface area (Å²) in [5, 5.41) is 20.8. The first-order valence-corrected chi connectivity index (χ1v) is 9.75. The standard InChI is InChI=1S/C16H26BFN2O2S/c1-10(2)23(11(3)4,12(5)6)20-8-7-13-14(20)9-19-16(18)15(13)17(21)22/h7-12,21-22H,1-6H3. The molecule has 0 saturated heterocycles. The van der Waals surface area contributed by atoms with Crippen LogP contribution in [0.1, 0.15) is 41.5 Å². The second-order valence-corrected chi connectivity index (χ2v) is 11.3. The van der Waals surface area contributed by atoms with Crippen molar-refractivity contribution in [1.29, 1.82) is 0 Å². The van der Waals surface area contributed by atoms with Gasteiger partial charge in [-0.2, -0.15) is 14.6 Å². The smallest absolute Gasteiger partial charge is 0.423 e. The average Bonchev–Trinajstić information content (AvgIpc) is 2.81. The zero-order valence-corrected chi connectivity index (χ0v) is 15.4. The lowest BCUT2D eigenvalue weighted by Gasteiger charge is -2.52. The first-order valence-electron chi connectivity index (χ1n) is 7.97. The van der Waals surface area contributed by atoms with Crippen LogP contribution in [0.5, 0.6) is 0 Å². The molecule has 0 spiro atoms. The summed E-state index contributed by atoms with van der Waals surface area (Å²) in [6.07, 6.45) is 3.46. The van der Waals surface area contributed by atoms with E-state index in [-0.39, 0.29) is 5.46 Å². The van der Waals surface area contributed by atoms with Crippen molar-refractivity contribution in [1.82, 2.24) is 8.96 Å². The molecule has 0 unspecified atom stereocenters. The van der Waals surface area contributed by atoms with E-state index in [0.717, 1.165) is 5.52 Å². The lowest BCUT2D eigenvalue weighted by atomic mass is 9.79. The molecule has 0 aliphatic rings. The second-order valence-electron chi connectivity index (χ2n) is 6.65. The molecule has 23 heavy (non-hydrogen) atoms. The predicted octanol–water partition coefficient (Wildman–Crippen LogP) is 2.65. The van der Waals surface area contributed by atoms with Gasteiger partial charge in [-0.25, -0.2) is 4.98 Å². The molecule has 7 heteroatoms. The van der Waals surface area contributed by atoms with Crippen LogP contribution in [0, 0.1) is 5.95 Å². The highest BCUT2D eigenvalue weighted by molar-refractivity contribution is 8.33. The summed E-state index contributed by atoms with van der Waals surface area (Å²) in [4.78, 5) is 3.76. The highest BCUT2D eigenvalue weighted by atomic mass is 32.3. The molecule has 0 amide bonds.